The number of benzene rings is 3. The summed E-state index contributed by atoms with van der Waals surface area (Å²) < 4.78 is 12.7. The Balaban J connectivity index is 1.47. The molecular formula is C25H21ClN2O3S. The summed E-state index contributed by atoms with van der Waals surface area (Å²) in [5, 5.41) is 1.19. The molecule has 162 valence electrons. The maximum Gasteiger partial charge on any atom is 0.260 e. The first-order valence-corrected chi connectivity index (χ1v) is 11.7. The van der Waals surface area contributed by atoms with Gasteiger partial charge in [0.2, 0.25) is 0 Å². The van der Waals surface area contributed by atoms with Gasteiger partial charge in [-0.1, -0.05) is 53.3 Å². The van der Waals surface area contributed by atoms with Gasteiger partial charge in [-0.05, 0) is 55.3 Å². The van der Waals surface area contributed by atoms with Crippen LogP contribution >= 0.6 is 22.9 Å². The molecule has 0 radical (unpaired) electrons. The van der Waals surface area contributed by atoms with Crippen LogP contribution in [-0.2, 0) is 4.74 Å². The Hall–Kier alpha value is -2.93. The molecule has 7 heteroatoms. The number of aromatic nitrogens is 1. The fourth-order valence-corrected chi connectivity index (χ4v) is 5.00. The molecule has 3 aromatic carbocycles. The number of para-hydroxylation sites is 2. The molecule has 0 saturated carbocycles. The van der Waals surface area contributed by atoms with Gasteiger partial charge >= 0.3 is 0 Å². The van der Waals surface area contributed by atoms with Crippen molar-refractivity contribution in [3.8, 4) is 11.5 Å². The van der Waals surface area contributed by atoms with Crippen molar-refractivity contribution in [2.45, 2.75) is 18.9 Å². The van der Waals surface area contributed by atoms with E-state index in [1.165, 1.54) is 11.3 Å². The molecular weight excluding hydrogens is 444 g/mol. The highest BCUT2D eigenvalue weighted by molar-refractivity contribution is 7.22. The molecule has 2 heterocycles. The summed E-state index contributed by atoms with van der Waals surface area (Å²) in [4.78, 5) is 20.1. The lowest BCUT2D eigenvalue weighted by Crippen LogP contribution is -2.37. The van der Waals surface area contributed by atoms with E-state index in [1.54, 1.807) is 17.0 Å². The van der Waals surface area contributed by atoms with Crippen LogP contribution in [0.5, 0.6) is 11.5 Å². The average molecular weight is 465 g/mol. The van der Waals surface area contributed by atoms with Crippen molar-refractivity contribution in [2.75, 3.05) is 18.1 Å². The van der Waals surface area contributed by atoms with Crippen LogP contribution in [0.1, 0.15) is 23.2 Å². The summed E-state index contributed by atoms with van der Waals surface area (Å²) in [7, 11) is 0. The SMILES string of the molecule is O=C(c1cccc(Oc2ccccc2)c1)N(CC1CCCO1)c1nc2c(Cl)cccc2s1. The molecule has 0 aliphatic carbocycles. The molecule has 0 bridgehead atoms. The number of nitrogens with zero attached hydrogens (tertiary/aromatic N) is 2. The van der Waals surface area contributed by atoms with Crippen LogP contribution in [0.3, 0.4) is 0 Å². The fourth-order valence-electron chi connectivity index (χ4n) is 3.73. The van der Waals surface area contributed by atoms with E-state index in [4.69, 9.17) is 26.1 Å². The Morgan fingerprint density at radius 2 is 1.91 bits per heavy atom. The Morgan fingerprint density at radius 3 is 2.69 bits per heavy atom. The monoisotopic (exact) mass is 464 g/mol. The van der Waals surface area contributed by atoms with Gasteiger partial charge in [0.15, 0.2) is 5.13 Å². The van der Waals surface area contributed by atoms with Crippen molar-refractivity contribution in [2.24, 2.45) is 0 Å². The predicted molar refractivity (Wildman–Crippen MR) is 128 cm³/mol. The van der Waals surface area contributed by atoms with E-state index < -0.39 is 0 Å². The first-order valence-electron chi connectivity index (χ1n) is 10.5. The number of hydrogen-bond donors (Lipinski definition) is 0. The minimum absolute atomic E-state index is 0.00909. The van der Waals surface area contributed by atoms with Gasteiger partial charge in [0.05, 0.1) is 22.4 Å². The molecule has 1 fully saturated rings. The van der Waals surface area contributed by atoms with Crippen LogP contribution in [0, 0.1) is 0 Å². The number of carbonyl (C=O) groups is 1. The van der Waals surface area contributed by atoms with E-state index >= 15 is 0 Å². The number of anilines is 1. The Morgan fingerprint density at radius 1 is 1.09 bits per heavy atom. The van der Waals surface area contributed by atoms with E-state index in [2.05, 4.69) is 0 Å². The van der Waals surface area contributed by atoms with Crippen molar-refractivity contribution < 1.29 is 14.3 Å². The highest BCUT2D eigenvalue weighted by Crippen LogP contribution is 2.34. The lowest BCUT2D eigenvalue weighted by Gasteiger charge is -2.23. The van der Waals surface area contributed by atoms with E-state index in [0.717, 1.165) is 24.1 Å². The zero-order valence-corrected chi connectivity index (χ0v) is 18.8. The summed E-state index contributed by atoms with van der Waals surface area (Å²) in [6, 6.07) is 22.4. The number of rotatable bonds is 6. The fraction of sp³-hybridized carbons (Fsp3) is 0.200. The second-order valence-corrected chi connectivity index (χ2v) is 8.99. The summed E-state index contributed by atoms with van der Waals surface area (Å²) >= 11 is 7.79. The van der Waals surface area contributed by atoms with Gasteiger partial charge < -0.3 is 9.47 Å². The first-order chi connectivity index (χ1) is 15.7. The molecule has 1 aliphatic rings. The van der Waals surface area contributed by atoms with Crippen LogP contribution in [0.4, 0.5) is 5.13 Å². The Kier molecular flexibility index (Phi) is 6.08. The summed E-state index contributed by atoms with van der Waals surface area (Å²) in [6.07, 6.45) is 1.91. The first kappa shape index (κ1) is 20.9. The molecule has 0 N–H and O–H groups in total. The van der Waals surface area contributed by atoms with E-state index in [-0.39, 0.29) is 12.0 Å². The molecule has 1 atom stereocenters. The largest absolute Gasteiger partial charge is 0.457 e. The molecule has 5 rings (SSSR count). The number of carbonyl (C=O) groups excluding carboxylic acids is 1. The van der Waals surface area contributed by atoms with E-state index in [9.17, 15) is 4.79 Å². The second-order valence-electron chi connectivity index (χ2n) is 7.58. The van der Waals surface area contributed by atoms with Crippen LogP contribution < -0.4 is 9.64 Å². The van der Waals surface area contributed by atoms with Gasteiger partial charge in [0, 0.05) is 12.2 Å². The third-order valence-corrected chi connectivity index (χ3v) is 6.65. The number of ether oxygens (including phenoxy) is 2. The minimum Gasteiger partial charge on any atom is -0.457 e. The maximum atomic E-state index is 13.6. The third kappa shape index (κ3) is 4.48. The molecule has 32 heavy (non-hydrogen) atoms. The lowest BCUT2D eigenvalue weighted by atomic mass is 10.1. The number of amides is 1. The second kappa shape index (κ2) is 9.28. The topological polar surface area (TPSA) is 51.7 Å². The molecule has 1 unspecified atom stereocenters. The van der Waals surface area contributed by atoms with Gasteiger partial charge in [0.25, 0.3) is 5.91 Å². The quantitative estimate of drug-likeness (QED) is 0.324. The minimum atomic E-state index is -0.144. The van der Waals surface area contributed by atoms with Crippen molar-refractivity contribution in [1.82, 2.24) is 4.98 Å². The van der Waals surface area contributed by atoms with Crippen molar-refractivity contribution in [3.63, 3.8) is 0 Å². The molecule has 1 saturated heterocycles. The summed E-state index contributed by atoms with van der Waals surface area (Å²) in [5.41, 5.74) is 1.24. The van der Waals surface area contributed by atoms with Crippen molar-refractivity contribution in [1.29, 1.82) is 0 Å². The van der Waals surface area contributed by atoms with Crippen molar-refractivity contribution in [3.05, 3.63) is 83.4 Å². The lowest BCUT2D eigenvalue weighted by molar-refractivity contribution is 0.0917. The highest BCUT2D eigenvalue weighted by atomic mass is 35.5. The Bertz CT molecular complexity index is 1240. The van der Waals surface area contributed by atoms with Crippen LogP contribution in [-0.4, -0.2) is 30.1 Å². The zero-order chi connectivity index (χ0) is 21.9. The van der Waals surface area contributed by atoms with E-state index in [0.29, 0.717) is 39.3 Å². The summed E-state index contributed by atoms with van der Waals surface area (Å²) in [6.45, 7) is 1.17. The summed E-state index contributed by atoms with van der Waals surface area (Å²) in [5.74, 6) is 1.18. The van der Waals surface area contributed by atoms with Gasteiger partial charge in [-0.3, -0.25) is 9.69 Å². The van der Waals surface area contributed by atoms with E-state index in [1.807, 2.05) is 60.7 Å². The van der Waals surface area contributed by atoms with Gasteiger partial charge in [-0.15, -0.1) is 0 Å². The van der Waals surface area contributed by atoms with Crippen LogP contribution in [0.15, 0.2) is 72.8 Å². The molecule has 5 nitrogen and oxygen atoms in total. The average Bonchev–Trinajstić information content (AvgIpc) is 3.48. The number of hydrogen-bond acceptors (Lipinski definition) is 5. The molecule has 1 aliphatic heterocycles. The van der Waals surface area contributed by atoms with Crippen LogP contribution in [0.25, 0.3) is 10.2 Å². The third-order valence-electron chi connectivity index (χ3n) is 5.30. The molecule has 0 spiro atoms. The van der Waals surface area contributed by atoms with Crippen molar-refractivity contribution >= 4 is 44.2 Å². The molecule has 4 aromatic rings. The smallest absolute Gasteiger partial charge is 0.260 e. The molecule has 1 aromatic heterocycles. The highest BCUT2D eigenvalue weighted by Gasteiger charge is 2.27. The maximum absolute atomic E-state index is 13.6. The number of fused-ring (bicyclic) bond motifs is 1. The number of halogens is 1. The van der Waals surface area contributed by atoms with Crippen LogP contribution in [0.2, 0.25) is 5.02 Å². The zero-order valence-electron chi connectivity index (χ0n) is 17.2. The predicted octanol–water partition coefficient (Wildman–Crippen LogP) is 6.57. The van der Waals surface area contributed by atoms with Gasteiger partial charge in [0.1, 0.15) is 17.0 Å². The van der Waals surface area contributed by atoms with Gasteiger partial charge in [-0.25, -0.2) is 4.98 Å². The standard InChI is InChI=1S/C25H21ClN2O3S/c26-21-12-5-13-22-23(21)27-25(32-22)28(16-20-11-6-14-30-20)24(29)17-7-4-10-19(15-17)31-18-8-2-1-3-9-18/h1-5,7-10,12-13,15,20H,6,11,14,16H2. The molecule has 1 amide bonds. The number of thiazole rings is 1. The van der Waals surface area contributed by atoms with Gasteiger partial charge in [-0.2, -0.15) is 0 Å². The Labute approximate surface area is 195 Å². The normalized spacial score (nSPS) is 15.7.